The molecule has 8 heteroatoms. The predicted octanol–water partition coefficient (Wildman–Crippen LogP) is 4.26. The number of carboxylic acid groups (broad SMARTS) is 1. The lowest BCUT2D eigenvalue weighted by molar-refractivity contribution is 0.185. The number of hydrogen-bond donors (Lipinski definition) is 4. The first-order valence-electron chi connectivity index (χ1n) is 9.49. The first kappa shape index (κ1) is 22.6. The minimum absolute atomic E-state index is 0. The first-order chi connectivity index (χ1) is 13.6. The number of fused-ring (bicyclic) bond motifs is 1. The summed E-state index contributed by atoms with van der Waals surface area (Å²) in [6.45, 7) is 0.599. The first-order valence-corrected chi connectivity index (χ1v) is 9.49. The fourth-order valence-corrected chi connectivity index (χ4v) is 3.30. The Morgan fingerprint density at radius 1 is 1.21 bits per heavy atom. The van der Waals surface area contributed by atoms with Gasteiger partial charge in [-0.2, -0.15) is 0 Å². The van der Waals surface area contributed by atoms with E-state index in [1.54, 1.807) is 12.3 Å². The summed E-state index contributed by atoms with van der Waals surface area (Å²) in [4.78, 5) is 18.0. The molecular weight excluding hydrogens is 395 g/mol. The Morgan fingerprint density at radius 3 is 2.86 bits per heavy atom. The Morgan fingerprint density at radius 2 is 2.07 bits per heavy atom. The molecule has 1 aromatic carbocycles. The fraction of sp³-hybridized carbons (Fsp3) is 0.333. The van der Waals surface area contributed by atoms with Gasteiger partial charge in [0.15, 0.2) is 0 Å². The van der Waals surface area contributed by atoms with Crippen molar-refractivity contribution >= 4 is 29.4 Å². The van der Waals surface area contributed by atoms with Gasteiger partial charge >= 0.3 is 6.09 Å². The second-order valence-electron chi connectivity index (χ2n) is 6.82. The van der Waals surface area contributed by atoms with Crippen LogP contribution in [0.25, 0.3) is 10.9 Å². The van der Waals surface area contributed by atoms with Crippen LogP contribution >= 0.6 is 12.4 Å². The summed E-state index contributed by atoms with van der Waals surface area (Å²) >= 11 is 0. The van der Waals surface area contributed by atoms with Gasteiger partial charge in [0.05, 0.1) is 12.4 Å². The highest BCUT2D eigenvalue weighted by atomic mass is 35.5. The molecule has 2 aromatic heterocycles. The molecule has 4 N–H and O–H groups in total. The van der Waals surface area contributed by atoms with Crippen molar-refractivity contribution in [2.75, 3.05) is 6.54 Å². The third kappa shape index (κ3) is 7.03. The second-order valence-corrected chi connectivity index (χ2v) is 6.82. The molecule has 0 bridgehead atoms. The number of H-pyrrole nitrogens is 1. The number of carbonyl (C=O) groups is 1. The van der Waals surface area contributed by atoms with Gasteiger partial charge in [0.25, 0.3) is 0 Å². The summed E-state index contributed by atoms with van der Waals surface area (Å²) in [5.41, 5.74) is 2.97. The average molecular weight is 421 g/mol. The molecule has 0 spiro atoms. The van der Waals surface area contributed by atoms with Crippen LogP contribution in [0.15, 0.2) is 48.9 Å². The summed E-state index contributed by atoms with van der Waals surface area (Å²) in [6, 6.07) is 10.0. The molecule has 0 saturated heterocycles. The third-order valence-corrected chi connectivity index (χ3v) is 4.74. The van der Waals surface area contributed by atoms with Crippen LogP contribution in [0.1, 0.15) is 30.4 Å². The van der Waals surface area contributed by atoms with Crippen molar-refractivity contribution in [3.63, 3.8) is 0 Å². The number of aromatic nitrogens is 2. The largest absolute Gasteiger partial charge is 0.465 e. The average Bonchev–Trinajstić information content (AvgIpc) is 3.13. The van der Waals surface area contributed by atoms with Crippen molar-refractivity contribution < 1.29 is 14.3 Å². The summed E-state index contributed by atoms with van der Waals surface area (Å²) in [5, 5.41) is 16.0. The Labute approximate surface area is 175 Å². The molecule has 0 fully saturated rings. The maximum atomic E-state index is 13.6. The van der Waals surface area contributed by atoms with Gasteiger partial charge in [-0.05, 0) is 79.4 Å². The van der Waals surface area contributed by atoms with E-state index in [0.29, 0.717) is 31.4 Å². The number of amides is 1. The number of aromatic amines is 1. The van der Waals surface area contributed by atoms with E-state index in [4.69, 9.17) is 5.11 Å². The Kier molecular flexibility index (Phi) is 8.89. The summed E-state index contributed by atoms with van der Waals surface area (Å²) < 4.78 is 13.6. The van der Waals surface area contributed by atoms with Crippen molar-refractivity contribution in [3.8, 4) is 0 Å². The summed E-state index contributed by atoms with van der Waals surface area (Å²) in [7, 11) is 0. The van der Waals surface area contributed by atoms with E-state index in [-0.39, 0.29) is 24.4 Å². The molecule has 1 atom stereocenters. The standard InChI is InChI=1S/C21H25FN4O2.ClH/c22-18-14-23-11-8-16(18)4-2-10-25-20(26-21(27)28)5-1-3-15-6-7-19-17(13-15)9-12-24-19;/h6-9,11-14,20,24-26H,1-5,10H2,(H,27,28);1H. The van der Waals surface area contributed by atoms with Crippen molar-refractivity contribution in [2.24, 2.45) is 0 Å². The van der Waals surface area contributed by atoms with Crippen molar-refractivity contribution in [1.29, 1.82) is 0 Å². The number of aryl methyl sites for hydroxylation is 2. The van der Waals surface area contributed by atoms with Gasteiger partial charge in [-0.15, -0.1) is 12.4 Å². The number of rotatable bonds is 10. The van der Waals surface area contributed by atoms with Crippen LogP contribution in [0, 0.1) is 5.82 Å². The maximum Gasteiger partial charge on any atom is 0.405 e. The van der Waals surface area contributed by atoms with Crippen LogP contribution in [-0.2, 0) is 12.8 Å². The number of halogens is 2. The quantitative estimate of drug-likeness (QED) is 0.291. The number of nitrogens with zero attached hydrogens (tertiary/aromatic N) is 1. The van der Waals surface area contributed by atoms with Gasteiger partial charge in [0.2, 0.25) is 0 Å². The van der Waals surface area contributed by atoms with E-state index < -0.39 is 6.09 Å². The third-order valence-electron chi connectivity index (χ3n) is 4.74. The van der Waals surface area contributed by atoms with Crippen LogP contribution in [0.2, 0.25) is 0 Å². The molecule has 6 nitrogen and oxygen atoms in total. The van der Waals surface area contributed by atoms with E-state index >= 15 is 0 Å². The van der Waals surface area contributed by atoms with Gasteiger partial charge < -0.3 is 15.4 Å². The highest BCUT2D eigenvalue weighted by molar-refractivity contribution is 5.85. The highest BCUT2D eigenvalue weighted by Gasteiger charge is 2.11. The zero-order valence-corrected chi connectivity index (χ0v) is 16.8. The highest BCUT2D eigenvalue weighted by Crippen LogP contribution is 2.16. The van der Waals surface area contributed by atoms with Gasteiger partial charge in [-0.3, -0.25) is 10.3 Å². The van der Waals surface area contributed by atoms with Gasteiger partial charge in [0, 0.05) is 17.9 Å². The molecule has 2 heterocycles. The van der Waals surface area contributed by atoms with E-state index in [1.165, 1.54) is 17.1 Å². The Balaban J connectivity index is 0.00000300. The molecule has 0 saturated carbocycles. The second kappa shape index (κ2) is 11.4. The molecule has 1 amide bonds. The lowest BCUT2D eigenvalue weighted by atomic mass is 10.1. The number of benzene rings is 1. The maximum absolute atomic E-state index is 13.6. The molecule has 0 aliphatic rings. The van der Waals surface area contributed by atoms with Crippen molar-refractivity contribution in [1.82, 2.24) is 20.6 Å². The zero-order chi connectivity index (χ0) is 19.8. The van der Waals surface area contributed by atoms with Gasteiger partial charge in [0.1, 0.15) is 5.82 Å². The van der Waals surface area contributed by atoms with E-state index in [0.717, 1.165) is 18.4 Å². The lowest BCUT2D eigenvalue weighted by Crippen LogP contribution is -2.45. The van der Waals surface area contributed by atoms with Crippen LogP contribution in [0.4, 0.5) is 9.18 Å². The molecule has 3 rings (SSSR count). The fourth-order valence-electron chi connectivity index (χ4n) is 3.30. The molecule has 29 heavy (non-hydrogen) atoms. The smallest absolute Gasteiger partial charge is 0.405 e. The summed E-state index contributed by atoms with van der Waals surface area (Å²) in [6.07, 6.45) is 7.04. The molecule has 3 aromatic rings. The Hall–Kier alpha value is -2.64. The van der Waals surface area contributed by atoms with Crippen molar-refractivity contribution in [2.45, 2.75) is 38.3 Å². The molecule has 1 unspecified atom stereocenters. The number of pyridine rings is 1. The number of hydrogen-bond acceptors (Lipinski definition) is 3. The van der Waals surface area contributed by atoms with Crippen LogP contribution in [-0.4, -0.2) is 33.9 Å². The van der Waals surface area contributed by atoms with Crippen molar-refractivity contribution in [3.05, 3.63) is 65.9 Å². The normalized spacial score (nSPS) is 11.8. The van der Waals surface area contributed by atoms with Crippen LogP contribution < -0.4 is 10.6 Å². The van der Waals surface area contributed by atoms with E-state index in [1.807, 2.05) is 12.3 Å². The molecule has 0 aliphatic heterocycles. The zero-order valence-electron chi connectivity index (χ0n) is 16.0. The minimum Gasteiger partial charge on any atom is -0.465 e. The molecule has 0 aliphatic carbocycles. The minimum atomic E-state index is -1.05. The molecule has 0 radical (unpaired) electrons. The monoisotopic (exact) mass is 420 g/mol. The van der Waals surface area contributed by atoms with Gasteiger partial charge in [-0.1, -0.05) is 6.07 Å². The van der Waals surface area contributed by atoms with Gasteiger partial charge in [-0.25, -0.2) is 9.18 Å². The SMILES string of the molecule is Cl.O=C(O)NC(CCCc1ccc2[nH]ccc2c1)NCCCc1ccncc1F. The Bertz CT molecular complexity index is 918. The topological polar surface area (TPSA) is 90.0 Å². The van der Waals surface area contributed by atoms with E-state index in [9.17, 15) is 9.18 Å². The summed E-state index contributed by atoms with van der Waals surface area (Å²) in [5.74, 6) is -0.304. The molecular formula is C21H26ClFN4O2. The predicted molar refractivity (Wildman–Crippen MR) is 114 cm³/mol. The van der Waals surface area contributed by atoms with Crippen LogP contribution in [0.3, 0.4) is 0 Å². The molecule has 156 valence electrons. The van der Waals surface area contributed by atoms with Crippen LogP contribution in [0.5, 0.6) is 0 Å². The lowest BCUT2D eigenvalue weighted by Gasteiger charge is -2.18. The number of nitrogens with one attached hydrogen (secondary N) is 3. The van der Waals surface area contributed by atoms with E-state index in [2.05, 4.69) is 38.8 Å².